The number of nitrogens with zero attached hydrogens (tertiary/aromatic N) is 1. The van der Waals surface area contributed by atoms with Crippen molar-refractivity contribution in [2.24, 2.45) is 0 Å². The van der Waals surface area contributed by atoms with E-state index in [0.29, 0.717) is 11.1 Å². The topological polar surface area (TPSA) is 79.2 Å². The Hall–Kier alpha value is -3.53. The van der Waals surface area contributed by atoms with E-state index in [0.717, 1.165) is 18.2 Å². The molecule has 2 aromatic carbocycles. The fourth-order valence-corrected chi connectivity index (χ4v) is 2.23. The monoisotopic (exact) mass is 370 g/mol. The molecule has 0 aliphatic carbocycles. The first-order valence-corrected chi connectivity index (χ1v) is 7.98. The lowest BCUT2D eigenvalue weighted by molar-refractivity contribution is -0.144. The van der Waals surface area contributed by atoms with E-state index < -0.39 is 36.2 Å². The molecule has 0 aliphatic heterocycles. The third kappa shape index (κ3) is 6.04. The Morgan fingerprint density at radius 3 is 2.56 bits per heavy atom. The smallest absolute Gasteiger partial charge is 0.331 e. The minimum absolute atomic E-state index is 0.122. The molecule has 0 spiro atoms. The van der Waals surface area contributed by atoms with Gasteiger partial charge in [-0.05, 0) is 36.8 Å². The molecule has 0 aliphatic rings. The molecule has 1 atom stereocenters. The second-order valence-corrected chi connectivity index (χ2v) is 5.63. The van der Waals surface area contributed by atoms with Crippen molar-refractivity contribution < 1.29 is 23.1 Å². The van der Waals surface area contributed by atoms with Crippen LogP contribution in [0.3, 0.4) is 0 Å². The van der Waals surface area contributed by atoms with Gasteiger partial charge in [-0.3, -0.25) is 4.79 Å². The van der Waals surface area contributed by atoms with Crippen molar-refractivity contribution in [3.05, 3.63) is 76.9 Å². The van der Waals surface area contributed by atoms with Gasteiger partial charge in [0.15, 0.2) is 6.61 Å². The van der Waals surface area contributed by atoms with E-state index >= 15 is 0 Å². The molecule has 0 unspecified atom stereocenters. The number of hydrogen-bond acceptors (Lipinski definition) is 4. The molecule has 2 aromatic rings. The normalized spacial score (nSPS) is 11.6. The zero-order valence-electron chi connectivity index (χ0n) is 14.4. The highest BCUT2D eigenvalue weighted by molar-refractivity contribution is 5.89. The number of benzene rings is 2. The van der Waals surface area contributed by atoms with Gasteiger partial charge in [-0.2, -0.15) is 5.26 Å². The maximum absolute atomic E-state index is 13.7. The van der Waals surface area contributed by atoms with Crippen LogP contribution in [0.25, 0.3) is 6.08 Å². The van der Waals surface area contributed by atoms with Crippen LogP contribution in [0, 0.1) is 23.0 Å². The van der Waals surface area contributed by atoms with Gasteiger partial charge in [-0.25, -0.2) is 13.6 Å². The average molecular weight is 370 g/mol. The summed E-state index contributed by atoms with van der Waals surface area (Å²) >= 11 is 0. The van der Waals surface area contributed by atoms with Crippen LogP contribution in [-0.4, -0.2) is 18.5 Å². The summed E-state index contributed by atoms with van der Waals surface area (Å²) in [7, 11) is 0. The highest BCUT2D eigenvalue weighted by atomic mass is 19.1. The molecule has 0 radical (unpaired) electrons. The Morgan fingerprint density at radius 1 is 1.22 bits per heavy atom. The molecule has 7 heteroatoms. The lowest BCUT2D eigenvalue weighted by atomic mass is 10.1. The van der Waals surface area contributed by atoms with Crippen molar-refractivity contribution in [1.82, 2.24) is 5.32 Å². The summed E-state index contributed by atoms with van der Waals surface area (Å²) in [5.74, 6) is -2.83. The summed E-state index contributed by atoms with van der Waals surface area (Å²) in [6.07, 6.45) is 2.63. The Balaban J connectivity index is 1.82. The van der Waals surface area contributed by atoms with E-state index in [-0.39, 0.29) is 5.56 Å². The molecule has 27 heavy (non-hydrogen) atoms. The first-order valence-electron chi connectivity index (χ1n) is 7.98. The maximum atomic E-state index is 13.7. The standard InChI is InChI=1S/C20H16F2N2O3/c1-13(17-8-7-16(21)10-18(17)22)24-19(25)12-27-20(26)9-6-14-2-4-15(11-23)5-3-14/h2-10,13H,12H2,1H3,(H,24,25)/b9-6+/t13-/m1/s1. The van der Waals surface area contributed by atoms with Gasteiger partial charge >= 0.3 is 5.97 Å². The summed E-state index contributed by atoms with van der Waals surface area (Å²) in [6.45, 7) is 0.991. The van der Waals surface area contributed by atoms with Crippen molar-refractivity contribution in [1.29, 1.82) is 5.26 Å². The van der Waals surface area contributed by atoms with Crippen LogP contribution in [0.4, 0.5) is 8.78 Å². The van der Waals surface area contributed by atoms with Gasteiger partial charge in [0.25, 0.3) is 5.91 Å². The summed E-state index contributed by atoms with van der Waals surface area (Å²) in [6, 6.07) is 10.9. The Bertz CT molecular complexity index is 902. The lowest BCUT2D eigenvalue weighted by Gasteiger charge is -2.15. The Labute approximate surface area is 154 Å². The van der Waals surface area contributed by atoms with Crippen molar-refractivity contribution in [3.63, 3.8) is 0 Å². The molecule has 0 bridgehead atoms. The third-order valence-electron chi connectivity index (χ3n) is 3.60. The predicted molar refractivity (Wildman–Crippen MR) is 94.1 cm³/mol. The van der Waals surface area contributed by atoms with E-state index in [2.05, 4.69) is 5.32 Å². The van der Waals surface area contributed by atoms with Crippen LogP contribution in [0.15, 0.2) is 48.5 Å². The minimum atomic E-state index is -0.773. The summed E-state index contributed by atoms with van der Waals surface area (Å²) in [5, 5.41) is 11.2. The van der Waals surface area contributed by atoms with Gasteiger partial charge in [0, 0.05) is 17.7 Å². The molecule has 1 amide bonds. The fraction of sp³-hybridized carbons (Fsp3) is 0.150. The number of hydrogen-bond donors (Lipinski definition) is 1. The number of halogens is 2. The molecule has 0 saturated heterocycles. The van der Waals surface area contributed by atoms with Crippen LogP contribution in [0.5, 0.6) is 0 Å². The van der Waals surface area contributed by atoms with Crippen LogP contribution in [0.1, 0.15) is 29.7 Å². The first-order chi connectivity index (χ1) is 12.9. The van der Waals surface area contributed by atoms with Crippen LogP contribution in [-0.2, 0) is 14.3 Å². The molecule has 0 aromatic heterocycles. The van der Waals surface area contributed by atoms with Gasteiger partial charge < -0.3 is 10.1 Å². The van der Waals surface area contributed by atoms with Gasteiger partial charge in [-0.1, -0.05) is 18.2 Å². The van der Waals surface area contributed by atoms with Gasteiger partial charge in [0.1, 0.15) is 11.6 Å². The Morgan fingerprint density at radius 2 is 1.93 bits per heavy atom. The van der Waals surface area contributed by atoms with Crippen molar-refractivity contribution >= 4 is 18.0 Å². The number of nitrogens with one attached hydrogen (secondary N) is 1. The van der Waals surface area contributed by atoms with Crippen LogP contribution >= 0.6 is 0 Å². The summed E-state index contributed by atoms with van der Waals surface area (Å²) < 4.78 is 31.4. The fourth-order valence-electron chi connectivity index (χ4n) is 2.23. The summed E-state index contributed by atoms with van der Waals surface area (Å²) in [4.78, 5) is 23.5. The van der Waals surface area contributed by atoms with Gasteiger partial charge in [-0.15, -0.1) is 0 Å². The molecule has 0 saturated carbocycles. The highest BCUT2D eigenvalue weighted by Crippen LogP contribution is 2.17. The molecule has 5 nitrogen and oxygen atoms in total. The number of rotatable bonds is 6. The molecule has 138 valence electrons. The van der Waals surface area contributed by atoms with E-state index in [1.165, 1.54) is 19.1 Å². The number of ether oxygens (including phenoxy) is 1. The number of carbonyl (C=O) groups is 2. The molecule has 0 fully saturated rings. The Kier molecular flexibility index (Phi) is 6.78. The number of esters is 1. The second-order valence-electron chi connectivity index (χ2n) is 5.63. The molecule has 0 heterocycles. The summed E-state index contributed by atoms with van der Waals surface area (Å²) in [5.41, 5.74) is 1.31. The van der Waals surface area contributed by atoms with Crippen molar-refractivity contribution in [2.75, 3.05) is 6.61 Å². The molecule has 2 rings (SSSR count). The van der Waals surface area contributed by atoms with E-state index in [9.17, 15) is 18.4 Å². The van der Waals surface area contributed by atoms with E-state index in [1.807, 2.05) is 6.07 Å². The lowest BCUT2D eigenvalue weighted by Crippen LogP contribution is -2.31. The number of nitriles is 1. The molecule has 1 N–H and O–H groups in total. The van der Waals surface area contributed by atoms with E-state index in [4.69, 9.17) is 10.00 Å². The average Bonchev–Trinajstić information content (AvgIpc) is 2.65. The zero-order valence-corrected chi connectivity index (χ0v) is 14.4. The third-order valence-corrected chi connectivity index (χ3v) is 3.60. The second kappa shape index (κ2) is 9.25. The SMILES string of the molecule is C[C@@H](NC(=O)COC(=O)/C=C/c1ccc(C#N)cc1)c1ccc(F)cc1F. The minimum Gasteiger partial charge on any atom is -0.452 e. The van der Waals surface area contributed by atoms with Crippen LogP contribution < -0.4 is 5.32 Å². The van der Waals surface area contributed by atoms with Gasteiger partial charge in [0.2, 0.25) is 0 Å². The van der Waals surface area contributed by atoms with Crippen LogP contribution in [0.2, 0.25) is 0 Å². The molecular weight excluding hydrogens is 354 g/mol. The van der Waals surface area contributed by atoms with Gasteiger partial charge in [0.05, 0.1) is 17.7 Å². The number of carbonyl (C=O) groups excluding carboxylic acids is 2. The van der Waals surface area contributed by atoms with Crippen molar-refractivity contribution in [2.45, 2.75) is 13.0 Å². The van der Waals surface area contributed by atoms with E-state index in [1.54, 1.807) is 24.3 Å². The largest absolute Gasteiger partial charge is 0.452 e. The number of amides is 1. The molecular formula is C20H16F2N2O3. The zero-order chi connectivity index (χ0) is 19.8. The maximum Gasteiger partial charge on any atom is 0.331 e. The first kappa shape index (κ1) is 19.8. The van der Waals surface area contributed by atoms with Crippen molar-refractivity contribution in [3.8, 4) is 6.07 Å². The highest BCUT2D eigenvalue weighted by Gasteiger charge is 2.15. The predicted octanol–water partition coefficient (Wildman–Crippen LogP) is 3.27. The quantitative estimate of drug-likeness (QED) is 0.625.